The normalized spacial score (nSPS) is 12.9. The Morgan fingerprint density at radius 2 is 2.12 bits per heavy atom. The average Bonchev–Trinajstić information content (AvgIpc) is 2.74. The van der Waals surface area contributed by atoms with Crippen molar-refractivity contribution in [2.45, 2.75) is 39.7 Å². The van der Waals surface area contributed by atoms with Crippen molar-refractivity contribution in [1.29, 1.82) is 0 Å². The minimum absolute atomic E-state index is 0.731. The molecule has 0 aromatic carbocycles. The van der Waals surface area contributed by atoms with Crippen molar-refractivity contribution >= 4 is 11.3 Å². The van der Waals surface area contributed by atoms with Crippen LogP contribution in [0.1, 0.15) is 36.4 Å². The molecule has 3 heteroatoms. The zero-order chi connectivity index (χ0) is 11.8. The number of nitrogens with two attached hydrogens (primary N) is 1. The molecule has 3 N–H and O–H groups in total. The molecule has 0 fully saturated rings. The molecule has 1 aromatic heterocycles. The molecule has 1 heterocycles. The number of thiophene rings is 1. The van der Waals surface area contributed by atoms with E-state index in [1.165, 1.54) is 16.2 Å². The summed E-state index contributed by atoms with van der Waals surface area (Å²) in [5, 5.41) is 3.52. The highest BCUT2D eigenvalue weighted by atomic mass is 32.1. The van der Waals surface area contributed by atoms with Gasteiger partial charge < -0.3 is 11.1 Å². The maximum atomic E-state index is 5.50. The van der Waals surface area contributed by atoms with E-state index in [0.29, 0.717) is 0 Å². The van der Waals surface area contributed by atoms with E-state index in [0.717, 1.165) is 38.4 Å². The number of hydrogen-bond acceptors (Lipinski definition) is 3. The second kappa shape index (κ2) is 7.82. The van der Waals surface area contributed by atoms with Crippen LogP contribution >= 0.6 is 11.3 Å². The van der Waals surface area contributed by atoms with E-state index in [4.69, 9.17) is 5.73 Å². The number of rotatable bonds is 8. The first-order valence-corrected chi connectivity index (χ1v) is 7.06. The first-order chi connectivity index (χ1) is 7.76. The van der Waals surface area contributed by atoms with Gasteiger partial charge >= 0.3 is 0 Å². The minimum atomic E-state index is 0.731. The summed E-state index contributed by atoms with van der Waals surface area (Å²) in [4.78, 5) is 2.93. The minimum Gasteiger partial charge on any atom is -0.330 e. The van der Waals surface area contributed by atoms with Crippen LogP contribution in [-0.2, 0) is 13.0 Å². The lowest BCUT2D eigenvalue weighted by Gasteiger charge is -2.11. The molecule has 0 radical (unpaired) electrons. The molecular weight excluding hydrogens is 216 g/mol. The second-order valence-corrected chi connectivity index (χ2v) is 5.64. The van der Waals surface area contributed by atoms with E-state index < -0.39 is 0 Å². The molecule has 0 spiro atoms. The molecule has 0 amide bonds. The van der Waals surface area contributed by atoms with Gasteiger partial charge in [-0.05, 0) is 50.4 Å². The summed E-state index contributed by atoms with van der Waals surface area (Å²) in [6.07, 6.45) is 3.52. The van der Waals surface area contributed by atoms with Crippen molar-refractivity contribution in [2.24, 2.45) is 11.7 Å². The second-order valence-electron chi connectivity index (χ2n) is 4.39. The topological polar surface area (TPSA) is 38.0 Å². The third kappa shape index (κ3) is 5.10. The fourth-order valence-corrected chi connectivity index (χ4v) is 2.64. The lowest BCUT2D eigenvalue weighted by atomic mass is 10.1. The van der Waals surface area contributed by atoms with Gasteiger partial charge in [0.05, 0.1) is 0 Å². The van der Waals surface area contributed by atoms with E-state index in [1.807, 2.05) is 11.3 Å². The summed E-state index contributed by atoms with van der Waals surface area (Å²) >= 11 is 1.92. The van der Waals surface area contributed by atoms with Gasteiger partial charge in [0.25, 0.3) is 0 Å². The Labute approximate surface area is 103 Å². The van der Waals surface area contributed by atoms with Gasteiger partial charge in [-0.2, -0.15) is 0 Å². The fraction of sp³-hybridized carbons (Fsp3) is 0.692. The molecule has 2 nitrogen and oxygen atoms in total. The summed E-state index contributed by atoms with van der Waals surface area (Å²) < 4.78 is 0. The highest BCUT2D eigenvalue weighted by molar-refractivity contribution is 7.11. The molecule has 0 bridgehead atoms. The molecule has 0 aliphatic carbocycles. The highest BCUT2D eigenvalue weighted by Crippen LogP contribution is 2.16. The summed E-state index contributed by atoms with van der Waals surface area (Å²) in [5.74, 6) is 0.731. The van der Waals surface area contributed by atoms with E-state index >= 15 is 0 Å². The summed E-state index contributed by atoms with van der Waals surface area (Å²) in [6.45, 7) is 7.42. The number of nitrogens with one attached hydrogen (secondary N) is 1. The molecule has 92 valence electrons. The highest BCUT2D eigenvalue weighted by Gasteiger charge is 2.02. The molecule has 0 saturated carbocycles. The van der Waals surface area contributed by atoms with Crippen molar-refractivity contribution < 1.29 is 0 Å². The molecule has 1 rings (SSSR count). The molecular formula is C13H24N2S. The van der Waals surface area contributed by atoms with Crippen LogP contribution in [0.15, 0.2) is 12.1 Å². The Kier molecular flexibility index (Phi) is 6.69. The molecule has 0 aliphatic rings. The van der Waals surface area contributed by atoms with Crippen LogP contribution in [0.25, 0.3) is 0 Å². The van der Waals surface area contributed by atoms with E-state index in [2.05, 4.69) is 31.3 Å². The van der Waals surface area contributed by atoms with Crippen LogP contribution in [-0.4, -0.2) is 13.1 Å². The van der Waals surface area contributed by atoms with Crippen LogP contribution in [0.5, 0.6) is 0 Å². The van der Waals surface area contributed by atoms with E-state index in [1.54, 1.807) is 0 Å². The van der Waals surface area contributed by atoms with Crippen LogP contribution in [0.4, 0.5) is 0 Å². The molecule has 1 unspecified atom stereocenters. The van der Waals surface area contributed by atoms with Gasteiger partial charge in [-0.1, -0.05) is 13.8 Å². The van der Waals surface area contributed by atoms with Crippen molar-refractivity contribution in [3.63, 3.8) is 0 Å². The van der Waals surface area contributed by atoms with Crippen LogP contribution in [0.3, 0.4) is 0 Å². The van der Waals surface area contributed by atoms with Gasteiger partial charge in [0.2, 0.25) is 0 Å². The predicted octanol–water partition coefficient (Wildman–Crippen LogP) is 2.78. The summed E-state index contributed by atoms with van der Waals surface area (Å²) in [6, 6.07) is 4.47. The Bertz CT molecular complexity index is 283. The van der Waals surface area contributed by atoms with E-state index in [-0.39, 0.29) is 0 Å². The van der Waals surface area contributed by atoms with Gasteiger partial charge in [0.15, 0.2) is 0 Å². The van der Waals surface area contributed by atoms with E-state index in [9.17, 15) is 0 Å². The maximum absolute atomic E-state index is 5.50. The smallest absolute Gasteiger partial charge is 0.0299 e. The van der Waals surface area contributed by atoms with Gasteiger partial charge in [-0.25, -0.2) is 0 Å². The third-order valence-corrected chi connectivity index (χ3v) is 3.99. The quantitative estimate of drug-likeness (QED) is 0.733. The van der Waals surface area contributed by atoms with Gasteiger partial charge in [0.1, 0.15) is 0 Å². The van der Waals surface area contributed by atoms with Gasteiger partial charge in [-0.15, -0.1) is 11.3 Å². The predicted molar refractivity (Wildman–Crippen MR) is 72.9 cm³/mol. The fourth-order valence-electron chi connectivity index (χ4n) is 1.72. The lowest BCUT2D eigenvalue weighted by molar-refractivity contribution is 0.470. The summed E-state index contributed by atoms with van der Waals surface area (Å²) in [7, 11) is 0. The van der Waals surface area contributed by atoms with Crippen LogP contribution < -0.4 is 11.1 Å². The first-order valence-electron chi connectivity index (χ1n) is 6.24. The molecule has 1 aromatic rings. The van der Waals surface area contributed by atoms with Crippen molar-refractivity contribution in [1.82, 2.24) is 5.32 Å². The Morgan fingerprint density at radius 1 is 1.38 bits per heavy atom. The molecule has 1 atom stereocenters. The Balaban J connectivity index is 2.14. The lowest BCUT2D eigenvalue weighted by Crippen LogP contribution is -2.20. The Morgan fingerprint density at radius 3 is 2.75 bits per heavy atom. The number of hydrogen-bond donors (Lipinski definition) is 2. The standard InChI is InChI=1S/C13H24N2S/c1-3-12-6-7-13(16-12)10-15-9-11(2)5-4-8-14/h6-7,11,15H,3-5,8-10,14H2,1-2H3. The van der Waals surface area contributed by atoms with Crippen molar-refractivity contribution in [3.05, 3.63) is 21.9 Å². The number of aryl methyl sites for hydroxylation is 1. The van der Waals surface area contributed by atoms with Gasteiger partial charge in [0, 0.05) is 16.3 Å². The van der Waals surface area contributed by atoms with Crippen LogP contribution in [0, 0.1) is 5.92 Å². The Hall–Kier alpha value is -0.380. The maximum Gasteiger partial charge on any atom is 0.0299 e. The SMILES string of the molecule is CCc1ccc(CNCC(C)CCCN)s1. The largest absolute Gasteiger partial charge is 0.330 e. The van der Waals surface area contributed by atoms with Crippen molar-refractivity contribution in [2.75, 3.05) is 13.1 Å². The van der Waals surface area contributed by atoms with Gasteiger partial charge in [-0.3, -0.25) is 0 Å². The first kappa shape index (κ1) is 13.7. The monoisotopic (exact) mass is 240 g/mol. The molecule has 16 heavy (non-hydrogen) atoms. The molecule has 0 aliphatic heterocycles. The van der Waals surface area contributed by atoms with Crippen molar-refractivity contribution in [3.8, 4) is 0 Å². The third-order valence-electron chi connectivity index (χ3n) is 2.76. The van der Waals surface area contributed by atoms with Crippen LogP contribution in [0.2, 0.25) is 0 Å². The molecule has 0 saturated heterocycles. The zero-order valence-corrected chi connectivity index (χ0v) is 11.3. The zero-order valence-electron chi connectivity index (χ0n) is 10.5. The summed E-state index contributed by atoms with van der Waals surface area (Å²) in [5.41, 5.74) is 5.50. The average molecular weight is 240 g/mol.